The van der Waals surface area contributed by atoms with Gasteiger partial charge in [0.05, 0.1) is 0 Å². The first kappa shape index (κ1) is 36.6. The van der Waals surface area contributed by atoms with Crippen LogP contribution in [0, 0.1) is 0 Å². The first-order chi connectivity index (χ1) is 14.8. The van der Waals surface area contributed by atoms with E-state index in [4.69, 9.17) is 0 Å². The van der Waals surface area contributed by atoms with Gasteiger partial charge in [-0.3, -0.25) is 19.2 Å². The van der Waals surface area contributed by atoms with E-state index in [2.05, 4.69) is 0 Å². The normalized spacial score (nSPS) is 13.9. The molecule has 2 aromatic rings. The summed E-state index contributed by atoms with van der Waals surface area (Å²) in [6, 6.07) is 11.8. The molecule has 2 aromatic carbocycles. The molecule has 2 aliphatic rings. The summed E-state index contributed by atoms with van der Waals surface area (Å²) in [7, 11) is -9.82. The molecule has 36 heavy (non-hydrogen) atoms. The van der Waals surface area contributed by atoms with Gasteiger partial charge in [-0.15, -0.1) is 0 Å². The number of carbonyl (C=O) groups excluding carboxylic acids is 4. The molecule has 0 bridgehead atoms. The average Bonchev–Trinajstić information content (AvgIpc) is 2.72. The Balaban J connectivity index is 0. The molecule has 0 heterocycles. The molecule has 180 valence electrons. The van der Waals surface area contributed by atoms with Crippen molar-refractivity contribution in [1.29, 1.82) is 0 Å². The first-order valence-electron chi connectivity index (χ1n) is 8.53. The number of fused-ring (bicyclic) bond motifs is 2. The van der Waals surface area contributed by atoms with Crippen molar-refractivity contribution >= 4 is 49.4 Å². The monoisotopic (exact) mass is 552 g/mol. The van der Waals surface area contributed by atoms with Crippen molar-refractivity contribution in [3.8, 4) is 0 Å². The van der Waals surface area contributed by atoms with E-state index in [1.165, 1.54) is 30.3 Å². The number of hydrogen-bond donors (Lipinski definition) is 0. The molecule has 0 atom stereocenters. The molecular weight excluding hydrogens is 534 g/mol. The Labute approximate surface area is 252 Å². The van der Waals surface area contributed by atoms with E-state index in [0.717, 1.165) is 6.08 Å². The van der Waals surface area contributed by atoms with Gasteiger partial charge in [0.2, 0.25) is 17.3 Å². The number of benzene rings is 2. The van der Waals surface area contributed by atoms with Crippen LogP contribution in [-0.2, 0) is 25.0 Å². The molecule has 10 nitrogen and oxygen atoms in total. The fraction of sp³-hybridized carbons (Fsp3) is 0.0909. The van der Waals surface area contributed by atoms with E-state index in [9.17, 15) is 45.1 Å². The number of Topliss-reactive ketones (excluding diaryl/α,β-unsaturated/α-hetero) is 3. The van der Waals surface area contributed by atoms with E-state index in [1.54, 1.807) is 18.2 Å². The molecule has 2 aliphatic carbocycles. The van der Waals surface area contributed by atoms with Gasteiger partial charge in [-0.05, 0) is 11.6 Å². The smallest absolute Gasteiger partial charge is 0.744 e. The third-order valence-corrected chi connectivity index (χ3v) is 6.07. The summed E-state index contributed by atoms with van der Waals surface area (Å²) >= 11 is 0. The second-order valence-electron chi connectivity index (χ2n) is 6.41. The Kier molecular flexibility index (Phi) is 14.0. The van der Waals surface area contributed by atoms with E-state index in [0.29, 0.717) is 6.08 Å². The molecule has 0 N–H and O–H groups in total. The molecule has 4 rings (SSSR count). The van der Waals surface area contributed by atoms with Crippen LogP contribution in [0.5, 0.6) is 0 Å². The zero-order valence-electron chi connectivity index (χ0n) is 17.7. The van der Waals surface area contributed by atoms with Crippen LogP contribution in [0.4, 0.5) is 0 Å². The minimum Gasteiger partial charge on any atom is -0.744 e. The standard InChI is InChI=1S/2C10H6O5S.2CH4.2Na/c11-8-5-9(16(13,14)15)10(12)7-4-2-1-3-6(7)8;11-9-7-4-2-1-3-6(7)5-8(10(9)12)16(13,14)15;;;;/h2*1-5H,(H,13,14,15);2*1H4;;/q;;;;2*+1/p-2. The zero-order valence-corrected chi connectivity index (χ0v) is 23.3. The maximum atomic E-state index is 11.6. The summed E-state index contributed by atoms with van der Waals surface area (Å²) in [4.78, 5) is 43.9. The summed E-state index contributed by atoms with van der Waals surface area (Å²) in [5.74, 6) is -3.81. The summed E-state index contributed by atoms with van der Waals surface area (Å²) in [5.41, 5.74) is 0.436. The van der Waals surface area contributed by atoms with Crippen LogP contribution in [0.2, 0.25) is 0 Å². The number of carbonyl (C=O) groups is 4. The van der Waals surface area contributed by atoms with Gasteiger partial charge >= 0.3 is 59.1 Å². The van der Waals surface area contributed by atoms with Gasteiger partial charge in [0.25, 0.3) is 0 Å². The van der Waals surface area contributed by atoms with Gasteiger partial charge in [0.1, 0.15) is 30.0 Å². The van der Waals surface area contributed by atoms with Crippen molar-refractivity contribution < 1.29 is 104 Å². The summed E-state index contributed by atoms with van der Waals surface area (Å²) in [6.45, 7) is 0. The summed E-state index contributed by atoms with van der Waals surface area (Å²) in [5, 5.41) is 0. The van der Waals surface area contributed by atoms with E-state index in [-0.39, 0.29) is 96.2 Å². The molecular formula is C22H18Na2O10S2. The second kappa shape index (κ2) is 13.8. The first-order valence-corrected chi connectivity index (χ1v) is 11.4. The van der Waals surface area contributed by atoms with Gasteiger partial charge in [0, 0.05) is 22.8 Å². The fourth-order valence-electron chi connectivity index (χ4n) is 2.93. The van der Waals surface area contributed by atoms with Crippen LogP contribution in [0.25, 0.3) is 6.08 Å². The van der Waals surface area contributed by atoms with Crippen LogP contribution in [0.1, 0.15) is 51.5 Å². The van der Waals surface area contributed by atoms with E-state index < -0.39 is 53.2 Å². The second-order valence-corrected chi connectivity index (χ2v) is 9.11. The van der Waals surface area contributed by atoms with E-state index in [1.807, 2.05) is 0 Å². The molecule has 0 radical (unpaired) electrons. The fourth-order valence-corrected chi connectivity index (χ4v) is 4.11. The Bertz CT molecular complexity index is 1490. The van der Waals surface area contributed by atoms with Gasteiger partial charge in [-0.1, -0.05) is 63.4 Å². The van der Waals surface area contributed by atoms with Crippen molar-refractivity contribution in [1.82, 2.24) is 0 Å². The van der Waals surface area contributed by atoms with Crippen LogP contribution in [0.3, 0.4) is 0 Å². The summed E-state index contributed by atoms with van der Waals surface area (Å²) in [6.07, 6.45) is 1.51. The SMILES string of the molecule is C.C.O=C1C(=O)c2ccccc2C=C1S(=O)(=O)[O-].O=C1C=C(S(=O)(=O)[O-])C(=O)c2ccccc21.[Na+].[Na+]. The van der Waals surface area contributed by atoms with Crippen molar-refractivity contribution in [2.75, 3.05) is 0 Å². The number of ketones is 4. The molecule has 14 heteroatoms. The largest absolute Gasteiger partial charge is 1.00 e. The maximum absolute atomic E-state index is 11.6. The minimum atomic E-state index is -4.91. The number of allylic oxidation sites excluding steroid dienone is 3. The molecule has 0 amide bonds. The summed E-state index contributed by atoms with van der Waals surface area (Å²) < 4.78 is 64.5. The Hall–Kier alpha value is -1.58. The molecule has 0 aliphatic heterocycles. The molecule has 0 unspecified atom stereocenters. The molecule has 0 aromatic heterocycles. The molecule has 0 fully saturated rings. The van der Waals surface area contributed by atoms with Crippen molar-refractivity contribution in [2.24, 2.45) is 0 Å². The maximum Gasteiger partial charge on any atom is 1.00 e. The quantitative estimate of drug-likeness (QED) is 0.203. The topological polar surface area (TPSA) is 183 Å². The van der Waals surface area contributed by atoms with Crippen LogP contribution < -0.4 is 59.1 Å². The minimum absolute atomic E-state index is 0. The van der Waals surface area contributed by atoms with E-state index >= 15 is 0 Å². The van der Waals surface area contributed by atoms with Gasteiger partial charge in [0.15, 0.2) is 5.78 Å². The van der Waals surface area contributed by atoms with Crippen molar-refractivity contribution in [3.63, 3.8) is 0 Å². The number of hydrogen-bond acceptors (Lipinski definition) is 10. The Morgan fingerprint density at radius 1 is 0.528 bits per heavy atom. The number of rotatable bonds is 2. The third kappa shape index (κ3) is 7.71. The van der Waals surface area contributed by atoms with Crippen LogP contribution in [0.15, 0.2) is 64.4 Å². The predicted molar refractivity (Wildman–Crippen MR) is 120 cm³/mol. The third-order valence-electron chi connectivity index (χ3n) is 4.38. The van der Waals surface area contributed by atoms with Crippen LogP contribution in [-0.4, -0.2) is 49.1 Å². The van der Waals surface area contributed by atoms with Gasteiger partial charge < -0.3 is 9.11 Å². The molecule has 0 spiro atoms. The molecule has 0 saturated carbocycles. The Morgan fingerprint density at radius 2 is 0.944 bits per heavy atom. The molecule has 0 saturated heterocycles. The average molecular weight is 552 g/mol. The predicted octanol–water partition coefficient (Wildman–Crippen LogP) is -3.89. The van der Waals surface area contributed by atoms with Gasteiger partial charge in [-0.2, -0.15) is 0 Å². The van der Waals surface area contributed by atoms with Crippen molar-refractivity contribution in [3.05, 3.63) is 86.7 Å². The van der Waals surface area contributed by atoms with Gasteiger partial charge in [-0.25, -0.2) is 16.8 Å². The van der Waals surface area contributed by atoms with Crippen molar-refractivity contribution in [2.45, 2.75) is 14.9 Å². The Morgan fingerprint density at radius 3 is 1.44 bits per heavy atom. The zero-order chi connectivity index (χ0) is 23.8. The van der Waals surface area contributed by atoms with Crippen LogP contribution >= 0.6 is 0 Å².